The van der Waals surface area contributed by atoms with Crippen LogP contribution in [0, 0.1) is 0 Å². The molecule has 0 aromatic heterocycles. The minimum atomic E-state index is -1.01. The van der Waals surface area contributed by atoms with Crippen LogP contribution in [0.15, 0.2) is 35.3 Å². The van der Waals surface area contributed by atoms with Crippen molar-refractivity contribution >= 4 is 48.9 Å². The van der Waals surface area contributed by atoms with Crippen LogP contribution in [0.2, 0.25) is 0 Å². The SMILES string of the molecule is Cl.Cl.NC(N)=NCCC[C@@H](C=O)NC(=O)[C@]1(Cc2ccccc2)CCCN1C(=O)[C@H]1CCCN1.O.O. The minimum Gasteiger partial charge on any atom is -0.412 e. The van der Waals surface area contributed by atoms with Gasteiger partial charge >= 0.3 is 0 Å². The standard InChI is InChI=1S/C23H34N6O3.2ClH.2H2O/c24-22(25)27-13-4-9-18(16-30)28-21(32)23(15-17-7-2-1-3-8-17)11-6-14-29(23)20(31)19-10-5-12-26-19;;;;/h1-3,7-8,16,18-19,26H,4-6,9-15H2,(H,28,32)(H4,24,25,27);2*1H;2*1H2/t18-,19+,23+;;;;/m0..../s1. The second-order valence-electron chi connectivity index (χ2n) is 8.60. The summed E-state index contributed by atoms with van der Waals surface area (Å²) in [6, 6.07) is 8.81. The monoisotopic (exact) mass is 550 g/mol. The van der Waals surface area contributed by atoms with Crippen molar-refractivity contribution in [2.75, 3.05) is 19.6 Å². The van der Waals surface area contributed by atoms with Crippen LogP contribution < -0.4 is 22.1 Å². The maximum absolute atomic E-state index is 13.7. The van der Waals surface area contributed by atoms with Crippen molar-refractivity contribution in [1.29, 1.82) is 0 Å². The van der Waals surface area contributed by atoms with Gasteiger partial charge in [-0.25, -0.2) is 0 Å². The molecule has 1 aromatic carbocycles. The van der Waals surface area contributed by atoms with Crippen molar-refractivity contribution in [1.82, 2.24) is 15.5 Å². The summed E-state index contributed by atoms with van der Waals surface area (Å²) in [6.07, 6.45) is 5.17. The number of nitrogens with zero attached hydrogens (tertiary/aromatic N) is 2. The summed E-state index contributed by atoms with van der Waals surface area (Å²) in [5.74, 6) is -0.301. The number of benzene rings is 1. The van der Waals surface area contributed by atoms with E-state index < -0.39 is 11.6 Å². The first kappa shape index (κ1) is 35.7. The van der Waals surface area contributed by atoms with Crippen molar-refractivity contribution in [3.05, 3.63) is 35.9 Å². The van der Waals surface area contributed by atoms with Crippen LogP contribution in [0.1, 0.15) is 44.1 Å². The van der Waals surface area contributed by atoms with E-state index in [0.29, 0.717) is 38.8 Å². The number of nitrogens with one attached hydrogen (secondary N) is 2. The molecule has 0 unspecified atom stereocenters. The molecule has 11 nitrogen and oxygen atoms in total. The molecule has 0 bridgehead atoms. The summed E-state index contributed by atoms with van der Waals surface area (Å²) < 4.78 is 0. The largest absolute Gasteiger partial charge is 0.412 e. The molecule has 0 saturated carbocycles. The van der Waals surface area contributed by atoms with Crippen LogP contribution in [-0.2, 0) is 20.8 Å². The molecule has 13 heteroatoms. The number of rotatable bonds is 10. The fraction of sp³-hybridized carbons (Fsp3) is 0.565. The highest BCUT2D eigenvalue weighted by atomic mass is 35.5. The number of guanidine groups is 1. The van der Waals surface area contributed by atoms with E-state index in [4.69, 9.17) is 11.5 Å². The molecule has 3 atom stereocenters. The zero-order valence-corrected chi connectivity index (χ0v) is 21.9. The van der Waals surface area contributed by atoms with Gasteiger partial charge in [-0.2, -0.15) is 0 Å². The van der Waals surface area contributed by atoms with Crippen LogP contribution in [0.5, 0.6) is 0 Å². The van der Waals surface area contributed by atoms with Crippen LogP contribution in [0.4, 0.5) is 0 Å². The van der Waals surface area contributed by atoms with Gasteiger partial charge in [0.1, 0.15) is 11.8 Å². The average Bonchev–Trinajstić information content (AvgIpc) is 3.47. The molecular formula is C23H40Cl2N6O5. The number of carbonyl (C=O) groups is 3. The highest BCUT2D eigenvalue weighted by Gasteiger charge is 2.51. The van der Waals surface area contributed by atoms with Gasteiger partial charge in [-0.15, -0.1) is 24.8 Å². The number of hydrogen-bond acceptors (Lipinski definition) is 5. The van der Waals surface area contributed by atoms with Gasteiger partial charge in [0.15, 0.2) is 5.96 Å². The number of halogens is 2. The normalized spacial score (nSPS) is 20.9. The number of hydrogen-bond donors (Lipinski definition) is 4. The van der Waals surface area contributed by atoms with E-state index >= 15 is 0 Å². The van der Waals surface area contributed by atoms with Gasteiger partial charge in [-0.1, -0.05) is 30.3 Å². The Bertz CT molecular complexity index is 838. The number of carbonyl (C=O) groups excluding carboxylic acids is 3. The predicted molar refractivity (Wildman–Crippen MR) is 144 cm³/mol. The minimum absolute atomic E-state index is 0. The second kappa shape index (κ2) is 17.1. The van der Waals surface area contributed by atoms with E-state index in [1.807, 2.05) is 30.3 Å². The molecule has 2 aliphatic heterocycles. The van der Waals surface area contributed by atoms with E-state index in [2.05, 4.69) is 15.6 Å². The number of aliphatic imine (C=N–C) groups is 1. The third-order valence-corrected chi connectivity index (χ3v) is 6.32. The molecule has 206 valence electrons. The highest BCUT2D eigenvalue weighted by molar-refractivity contribution is 5.95. The Morgan fingerprint density at radius 2 is 1.89 bits per heavy atom. The van der Waals surface area contributed by atoms with Gasteiger partial charge in [0, 0.05) is 19.5 Å². The van der Waals surface area contributed by atoms with Gasteiger partial charge in [0.2, 0.25) is 11.8 Å². The Labute approximate surface area is 224 Å². The topological polar surface area (TPSA) is 206 Å². The molecule has 0 aliphatic carbocycles. The highest BCUT2D eigenvalue weighted by Crippen LogP contribution is 2.35. The van der Waals surface area contributed by atoms with Crippen molar-refractivity contribution < 1.29 is 25.3 Å². The summed E-state index contributed by atoms with van der Waals surface area (Å²) in [4.78, 5) is 44.4. The molecule has 36 heavy (non-hydrogen) atoms. The Hall–Kier alpha value is -2.44. The van der Waals surface area contributed by atoms with E-state index in [9.17, 15) is 14.4 Å². The summed E-state index contributed by atoms with van der Waals surface area (Å²) in [5.41, 5.74) is 10.6. The first-order valence-electron chi connectivity index (χ1n) is 11.4. The zero-order valence-electron chi connectivity index (χ0n) is 20.3. The second-order valence-corrected chi connectivity index (χ2v) is 8.60. The lowest BCUT2D eigenvalue weighted by Crippen LogP contribution is -2.62. The van der Waals surface area contributed by atoms with Crippen LogP contribution in [0.25, 0.3) is 0 Å². The van der Waals surface area contributed by atoms with Crippen LogP contribution >= 0.6 is 24.8 Å². The third kappa shape index (κ3) is 8.90. The van der Waals surface area contributed by atoms with Gasteiger partial charge in [0.05, 0.1) is 12.1 Å². The molecule has 1 aromatic rings. The molecule has 2 amide bonds. The molecule has 2 fully saturated rings. The van der Waals surface area contributed by atoms with Crippen molar-refractivity contribution in [2.24, 2.45) is 16.5 Å². The summed E-state index contributed by atoms with van der Waals surface area (Å²) >= 11 is 0. The zero-order chi connectivity index (χ0) is 23.0. The number of amides is 2. The van der Waals surface area contributed by atoms with Crippen molar-refractivity contribution in [3.63, 3.8) is 0 Å². The molecular weight excluding hydrogens is 511 g/mol. The predicted octanol–water partition coefficient (Wildman–Crippen LogP) is -0.726. The van der Waals surface area contributed by atoms with Gasteiger partial charge in [0.25, 0.3) is 0 Å². The van der Waals surface area contributed by atoms with Crippen molar-refractivity contribution in [3.8, 4) is 0 Å². The molecule has 3 rings (SSSR count). The fourth-order valence-corrected chi connectivity index (χ4v) is 4.71. The molecule has 10 N–H and O–H groups in total. The van der Waals surface area contributed by atoms with Gasteiger partial charge in [-0.3, -0.25) is 14.6 Å². The van der Waals surface area contributed by atoms with Crippen LogP contribution in [-0.4, -0.2) is 77.2 Å². The molecule has 0 spiro atoms. The number of nitrogens with two attached hydrogens (primary N) is 2. The smallest absolute Gasteiger partial charge is 0.246 e. The van der Waals surface area contributed by atoms with E-state index in [1.165, 1.54) is 0 Å². The first-order valence-corrected chi connectivity index (χ1v) is 11.4. The Kier molecular flexibility index (Phi) is 17.0. The average molecular weight is 552 g/mol. The molecule has 2 aliphatic rings. The van der Waals surface area contributed by atoms with Crippen molar-refractivity contribution in [2.45, 2.75) is 62.6 Å². The Balaban J connectivity index is 0. The summed E-state index contributed by atoms with van der Waals surface area (Å²) in [6.45, 7) is 1.73. The molecule has 2 heterocycles. The number of likely N-dealkylation sites (tertiary alicyclic amines) is 1. The lowest BCUT2D eigenvalue weighted by molar-refractivity contribution is -0.146. The first-order chi connectivity index (χ1) is 15.5. The van der Waals surface area contributed by atoms with Gasteiger partial charge in [-0.05, 0) is 50.6 Å². The number of aldehydes is 1. The Morgan fingerprint density at radius 3 is 2.47 bits per heavy atom. The summed E-state index contributed by atoms with van der Waals surface area (Å²) in [7, 11) is 0. The lowest BCUT2D eigenvalue weighted by Gasteiger charge is -2.39. The summed E-state index contributed by atoms with van der Waals surface area (Å²) in [5, 5.41) is 6.16. The van der Waals surface area contributed by atoms with E-state index in [0.717, 1.165) is 37.7 Å². The fourth-order valence-electron chi connectivity index (χ4n) is 4.71. The third-order valence-electron chi connectivity index (χ3n) is 6.32. The maximum Gasteiger partial charge on any atom is 0.246 e. The quantitative estimate of drug-likeness (QED) is 0.128. The lowest BCUT2D eigenvalue weighted by atomic mass is 9.86. The van der Waals surface area contributed by atoms with Gasteiger partial charge < -0.3 is 42.7 Å². The Morgan fingerprint density at radius 1 is 1.19 bits per heavy atom. The van der Waals surface area contributed by atoms with E-state index in [1.54, 1.807) is 4.90 Å². The maximum atomic E-state index is 13.7. The molecule has 2 saturated heterocycles. The molecule has 0 radical (unpaired) electrons. The van der Waals surface area contributed by atoms with Crippen LogP contribution in [0.3, 0.4) is 0 Å². The van der Waals surface area contributed by atoms with E-state index in [-0.39, 0.29) is 59.6 Å².